The van der Waals surface area contributed by atoms with Crippen LogP contribution < -0.4 is 9.47 Å². The van der Waals surface area contributed by atoms with Crippen LogP contribution in [-0.4, -0.2) is 61.0 Å². The van der Waals surface area contributed by atoms with Crippen molar-refractivity contribution in [3.63, 3.8) is 0 Å². The summed E-state index contributed by atoms with van der Waals surface area (Å²) < 4.78 is 17.0. The minimum atomic E-state index is -0.755. The molecule has 168 valence electrons. The Morgan fingerprint density at radius 2 is 1.74 bits per heavy atom. The quantitative estimate of drug-likeness (QED) is 0.472. The van der Waals surface area contributed by atoms with Crippen LogP contribution in [0, 0.1) is 13.8 Å². The van der Waals surface area contributed by atoms with E-state index in [1.165, 1.54) is 26.2 Å². The fraction of sp³-hybridized carbons (Fsp3) is 0.435. The molecule has 0 bridgehead atoms. The summed E-state index contributed by atoms with van der Waals surface area (Å²) in [4.78, 5) is 40.4. The lowest BCUT2D eigenvalue weighted by molar-refractivity contribution is 0.0588. The van der Waals surface area contributed by atoms with Crippen LogP contribution in [0.4, 0.5) is 0 Å². The van der Waals surface area contributed by atoms with Gasteiger partial charge < -0.3 is 23.7 Å². The van der Waals surface area contributed by atoms with Crippen molar-refractivity contribution in [2.24, 2.45) is 7.05 Å². The summed E-state index contributed by atoms with van der Waals surface area (Å²) in [6.07, 6.45) is 0. The minimum absolute atomic E-state index is 0.247. The van der Waals surface area contributed by atoms with E-state index < -0.39 is 12.0 Å². The SMILES string of the molecule is CCN(C(=O)c1ccc(OC)cc1OC)C(C)C(=O)c1c(C)c(C(=O)OC)n(C)c1C. The number of likely N-dealkylation sites (N-methyl/N-ethyl adjacent to an activating group) is 1. The van der Waals surface area contributed by atoms with Crippen molar-refractivity contribution in [2.45, 2.75) is 33.7 Å². The second-order valence-corrected chi connectivity index (χ2v) is 7.18. The molecule has 0 saturated carbocycles. The van der Waals surface area contributed by atoms with Crippen LogP contribution >= 0.6 is 0 Å². The van der Waals surface area contributed by atoms with Gasteiger partial charge in [-0.3, -0.25) is 9.59 Å². The number of amides is 1. The number of methoxy groups -OCH3 is 3. The first-order valence-electron chi connectivity index (χ1n) is 9.95. The highest BCUT2D eigenvalue weighted by atomic mass is 16.5. The van der Waals surface area contributed by atoms with Gasteiger partial charge in [-0.15, -0.1) is 0 Å². The predicted octanol–water partition coefficient (Wildman–Crippen LogP) is 3.18. The molecule has 0 radical (unpaired) electrons. The minimum Gasteiger partial charge on any atom is -0.497 e. The van der Waals surface area contributed by atoms with Gasteiger partial charge in [0.15, 0.2) is 5.78 Å². The third-order valence-electron chi connectivity index (χ3n) is 5.64. The molecule has 1 amide bonds. The fourth-order valence-electron chi connectivity index (χ4n) is 3.80. The van der Waals surface area contributed by atoms with Gasteiger partial charge in [0.1, 0.15) is 17.2 Å². The van der Waals surface area contributed by atoms with Gasteiger partial charge in [0.2, 0.25) is 0 Å². The summed E-state index contributed by atoms with van der Waals surface area (Å²) >= 11 is 0. The van der Waals surface area contributed by atoms with E-state index in [0.717, 1.165) is 0 Å². The third-order valence-corrected chi connectivity index (χ3v) is 5.64. The fourth-order valence-corrected chi connectivity index (χ4v) is 3.80. The van der Waals surface area contributed by atoms with Crippen molar-refractivity contribution in [3.8, 4) is 11.5 Å². The van der Waals surface area contributed by atoms with Gasteiger partial charge in [0.25, 0.3) is 5.91 Å². The maximum atomic E-state index is 13.4. The Kier molecular flexibility index (Phi) is 7.49. The van der Waals surface area contributed by atoms with Crippen molar-refractivity contribution in [1.82, 2.24) is 9.47 Å². The predicted molar refractivity (Wildman–Crippen MR) is 116 cm³/mol. The number of ether oxygens (including phenoxy) is 3. The van der Waals surface area contributed by atoms with E-state index in [1.54, 1.807) is 50.6 Å². The number of aromatic nitrogens is 1. The molecule has 1 aromatic carbocycles. The molecule has 0 saturated heterocycles. The smallest absolute Gasteiger partial charge is 0.354 e. The number of nitrogens with zero attached hydrogens (tertiary/aromatic N) is 2. The number of rotatable bonds is 8. The molecule has 1 heterocycles. The second-order valence-electron chi connectivity index (χ2n) is 7.18. The largest absolute Gasteiger partial charge is 0.497 e. The van der Waals surface area contributed by atoms with E-state index in [4.69, 9.17) is 14.2 Å². The van der Waals surface area contributed by atoms with Gasteiger partial charge in [-0.25, -0.2) is 4.79 Å². The molecule has 31 heavy (non-hydrogen) atoms. The van der Waals surface area contributed by atoms with Crippen LogP contribution in [-0.2, 0) is 11.8 Å². The van der Waals surface area contributed by atoms with E-state index >= 15 is 0 Å². The summed E-state index contributed by atoms with van der Waals surface area (Å²) in [7, 11) is 6.01. The molecule has 0 aliphatic rings. The van der Waals surface area contributed by atoms with Crippen LogP contribution in [0.5, 0.6) is 11.5 Å². The Labute approximate surface area is 182 Å². The second kappa shape index (κ2) is 9.68. The zero-order valence-electron chi connectivity index (χ0n) is 19.4. The molecule has 0 aliphatic carbocycles. The molecule has 0 N–H and O–H groups in total. The van der Waals surface area contributed by atoms with E-state index in [0.29, 0.717) is 46.1 Å². The summed E-state index contributed by atoms with van der Waals surface area (Å²) in [5, 5.41) is 0. The zero-order valence-corrected chi connectivity index (χ0v) is 19.4. The van der Waals surface area contributed by atoms with Crippen molar-refractivity contribution >= 4 is 17.7 Å². The first kappa shape index (κ1) is 24.0. The molecule has 2 rings (SSSR count). The molecule has 0 fully saturated rings. The maximum absolute atomic E-state index is 13.4. The van der Waals surface area contributed by atoms with Gasteiger partial charge in [-0.2, -0.15) is 0 Å². The average molecular weight is 431 g/mol. The molecule has 0 spiro atoms. The van der Waals surface area contributed by atoms with Crippen LogP contribution in [0.2, 0.25) is 0 Å². The lowest BCUT2D eigenvalue weighted by Crippen LogP contribution is -2.43. The van der Waals surface area contributed by atoms with Gasteiger partial charge in [-0.05, 0) is 45.4 Å². The highest BCUT2D eigenvalue weighted by molar-refractivity contribution is 6.08. The highest BCUT2D eigenvalue weighted by Crippen LogP contribution is 2.28. The van der Waals surface area contributed by atoms with Gasteiger partial charge in [0.05, 0.1) is 32.9 Å². The van der Waals surface area contributed by atoms with E-state index in [9.17, 15) is 14.4 Å². The number of hydrogen-bond donors (Lipinski definition) is 0. The number of hydrogen-bond acceptors (Lipinski definition) is 6. The number of ketones is 1. The number of carbonyl (C=O) groups is 3. The number of esters is 1. The molecule has 8 nitrogen and oxygen atoms in total. The lowest BCUT2D eigenvalue weighted by Gasteiger charge is -2.28. The molecule has 2 aromatic rings. The van der Waals surface area contributed by atoms with Gasteiger partial charge >= 0.3 is 5.97 Å². The van der Waals surface area contributed by atoms with Gasteiger partial charge in [0, 0.05) is 30.9 Å². The summed E-state index contributed by atoms with van der Waals surface area (Å²) in [5.74, 6) is -0.166. The Balaban J connectivity index is 2.46. The Morgan fingerprint density at radius 1 is 1.10 bits per heavy atom. The number of carbonyl (C=O) groups excluding carboxylic acids is 3. The normalized spacial score (nSPS) is 11.6. The van der Waals surface area contributed by atoms with E-state index in [2.05, 4.69) is 0 Å². The van der Waals surface area contributed by atoms with E-state index in [1.807, 2.05) is 6.92 Å². The lowest BCUT2D eigenvalue weighted by atomic mass is 9.99. The average Bonchev–Trinajstić information content (AvgIpc) is 3.00. The Hall–Kier alpha value is -3.29. The van der Waals surface area contributed by atoms with Crippen molar-refractivity contribution in [1.29, 1.82) is 0 Å². The third kappa shape index (κ3) is 4.28. The van der Waals surface area contributed by atoms with Crippen LogP contribution in [0.15, 0.2) is 18.2 Å². The van der Waals surface area contributed by atoms with Crippen molar-refractivity contribution in [2.75, 3.05) is 27.9 Å². The first-order valence-corrected chi connectivity index (χ1v) is 9.95. The topological polar surface area (TPSA) is 87.1 Å². The highest BCUT2D eigenvalue weighted by Gasteiger charge is 2.33. The molecular formula is C23H30N2O6. The van der Waals surface area contributed by atoms with Crippen LogP contribution in [0.25, 0.3) is 0 Å². The standard InChI is InChI=1S/C23H30N2O6/c1-9-25(22(27)17-11-10-16(29-6)12-18(17)30-7)15(4)21(26)19-13(2)20(23(28)31-8)24(5)14(19)3/h10-12,15H,9H2,1-8H3. The Bertz CT molecular complexity index is 1010. The Morgan fingerprint density at radius 3 is 2.26 bits per heavy atom. The first-order chi connectivity index (χ1) is 14.6. The summed E-state index contributed by atoms with van der Waals surface area (Å²) in [6.45, 7) is 7.29. The van der Waals surface area contributed by atoms with Crippen LogP contribution in [0.1, 0.15) is 56.3 Å². The molecule has 1 atom stereocenters. The molecular weight excluding hydrogens is 400 g/mol. The monoisotopic (exact) mass is 430 g/mol. The van der Waals surface area contributed by atoms with Gasteiger partial charge in [-0.1, -0.05) is 0 Å². The molecule has 8 heteroatoms. The maximum Gasteiger partial charge on any atom is 0.354 e. The molecule has 0 aliphatic heterocycles. The number of Topliss-reactive ketones (excluding diaryl/α,β-unsaturated/α-hetero) is 1. The zero-order chi connectivity index (χ0) is 23.5. The number of benzene rings is 1. The summed E-state index contributed by atoms with van der Waals surface area (Å²) in [5.41, 5.74) is 2.25. The summed E-state index contributed by atoms with van der Waals surface area (Å²) in [6, 6.07) is 4.16. The molecule has 1 unspecified atom stereocenters. The van der Waals surface area contributed by atoms with Crippen LogP contribution in [0.3, 0.4) is 0 Å². The molecule has 1 aromatic heterocycles. The van der Waals surface area contributed by atoms with E-state index in [-0.39, 0.29) is 11.7 Å². The van der Waals surface area contributed by atoms with Crippen molar-refractivity contribution < 1.29 is 28.6 Å². The van der Waals surface area contributed by atoms with Crippen molar-refractivity contribution in [3.05, 3.63) is 46.3 Å².